The summed E-state index contributed by atoms with van der Waals surface area (Å²) in [4.78, 5) is 23.1. The van der Waals surface area contributed by atoms with Crippen molar-refractivity contribution in [2.45, 2.75) is 26.2 Å². The van der Waals surface area contributed by atoms with Crippen molar-refractivity contribution in [2.75, 3.05) is 13.2 Å². The van der Waals surface area contributed by atoms with Gasteiger partial charge in [-0.25, -0.2) is 4.79 Å². The highest BCUT2D eigenvalue weighted by Crippen LogP contribution is 2.49. The molecule has 0 N–H and O–H groups in total. The average Bonchev–Trinajstić information content (AvgIpc) is 2.87. The van der Waals surface area contributed by atoms with E-state index in [1.54, 1.807) is 13.0 Å². The van der Waals surface area contributed by atoms with Gasteiger partial charge in [0.15, 0.2) is 12.4 Å². The highest BCUT2D eigenvalue weighted by molar-refractivity contribution is 6.44. The van der Waals surface area contributed by atoms with Crippen molar-refractivity contribution in [3.8, 4) is 5.75 Å². The highest BCUT2D eigenvalue weighted by Gasteiger charge is 2.34. The summed E-state index contributed by atoms with van der Waals surface area (Å²) in [6.07, 6.45) is 3.88. The van der Waals surface area contributed by atoms with E-state index in [2.05, 4.69) is 0 Å². The van der Waals surface area contributed by atoms with Crippen molar-refractivity contribution in [1.29, 1.82) is 0 Å². The van der Waals surface area contributed by atoms with E-state index in [4.69, 9.17) is 32.7 Å². The fourth-order valence-electron chi connectivity index (χ4n) is 3.16. The minimum atomic E-state index is -0.456. The number of hydrogen-bond donors (Lipinski definition) is 0. The zero-order valence-electron chi connectivity index (χ0n) is 12.7. The molecule has 0 aromatic heterocycles. The van der Waals surface area contributed by atoms with Crippen molar-refractivity contribution in [3.63, 3.8) is 0 Å². The summed E-state index contributed by atoms with van der Waals surface area (Å²) in [6.45, 7) is 1.81. The zero-order valence-corrected chi connectivity index (χ0v) is 14.2. The fourth-order valence-corrected chi connectivity index (χ4v) is 3.69. The lowest BCUT2D eigenvalue weighted by Crippen LogP contribution is -2.14. The quantitative estimate of drug-likeness (QED) is 0.770. The Morgan fingerprint density at radius 1 is 1.35 bits per heavy atom. The molecule has 2 aliphatic carbocycles. The predicted octanol–water partition coefficient (Wildman–Crippen LogP) is 3.85. The number of esters is 1. The standard InChI is InChI=1S/C17H16Cl2O4/c1-2-22-14(21)8-23-13-6-10-5-9-3-4-11(20)7-12(9)15(10)17(19)16(13)18/h6-7,9H,2-5,8H2,1H3. The van der Waals surface area contributed by atoms with Crippen molar-refractivity contribution < 1.29 is 19.1 Å². The van der Waals surface area contributed by atoms with Gasteiger partial charge >= 0.3 is 5.97 Å². The van der Waals surface area contributed by atoms with Crippen LogP contribution in [-0.4, -0.2) is 25.0 Å². The second-order valence-corrected chi connectivity index (χ2v) is 6.39. The van der Waals surface area contributed by atoms with Gasteiger partial charge in [0.2, 0.25) is 0 Å². The summed E-state index contributed by atoms with van der Waals surface area (Å²) in [7, 11) is 0. The number of carbonyl (C=O) groups excluding carboxylic acids is 2. The molecule has 6 heteroatoms. The first-order chi connectivity index (χ1) is 11.0. The average molecular weight is 355 g/mol. The van der Waals surface area contributed by atoms with E-state index < -0.39 is 5.97 Å². The minimum Gasteiger partial charge on any atom is -0.480 e. The molecule has 0 saturated carbocycles. The molecule has 0 radical (unpaired) electrons. The molecule has 0 heterocycles. The van der Waals surface area contributed by atoms with E-state index in [1.165, 1.54) is 0 Å². The Hall–Kier alpha value is -1.52. The molecule has 0 spiro atoms. The van der Waals surface area contributed by atoms with Gasteiger partial charge < -0.3 is 9.47 Å². The van der Waals surface area contributed by atoms with Gasteiger partial charge in [0, 0.05) is 12.0 Å². The van der Waals surface area contributed by atoms with Crippen molar-refractivity contribution in [1.82, 2.24) is 0 Å². The van der Waals surface area contributed by atoms with E-state index in [-0.39, 0.29) is 17.4 Å². The van der Waals surface area contributed by atoms with Gasteiger partial charge in [0.1, 0.15) is 10.8 Å². The summed E-state index contributed by atoms with van der Waals surface area (Å²) in [6, 6.07) is 1.81. The smallest absolute Gasteiger partial charge is 0.344 e. The summed E-state index contributed by atoms with van der Waals surface area (Å²) in [5.41, 5.74) is 2.82. The van der Waals surface area contributed by atoms with Crippen molar-refractivity contribution in [3.05, 3.63) is 33.3 Å². The van der Waals surface area contributed by atoms with Crippen LogP contribution in [0.3, 0.4) is 0 Å². The highest BCUT2D eigenvalue weighted by atomic mass is 35.5. The maximum Gasteiger partial charge on any atom is 0.344 e. The Balaban J connectivity index is 1.90. The second-order valence-electron chi connectivity index (χ2n) is 5.64. The molecule has 0 saturated heterocycles. The summed E-state index contributed by atoms with van der Waals surface area (Å²) in [5.74, 6) is 0.340. The Bertz CT molecular complexity index is 709. The SMILES string of the molecule is CCOC(=O)COc1cc2c(c(Cl)c1Cl)C1=CC(=O)CCC1C2. The Morgan fingerprint density at radius 3 is 2.87 bits per heavy atom. The number of rotatable bonds is 4. The number of fused-ring (bicyclic) bond motifs is 3. The third-order valence-electron chi connectivity index (χ3n) is 4.16. The maximum atomic E-state index is 11.7. The summed E-state index contributed by atoms with van der Waals surface area (Å²) < 4.78 is 10.3. The zero-order chi connectivity index (χ0) is 16.6. The lowest BCUT2D eigenvalue weighted by molar-refractivity contribution is -0.145. The molecule has 1 unspecified atom stereocenters. The Morgan fingerprint density at radius 2 is 2.13 bits per heavy atom. The van der Waals surface area contributed by atoms with E-state index in [0.29, 0.717) is 29.7 Å². The summed E-state index contributed by atoms with van der Waals surface area (Å²) >= 11 is 12.7. The van der Waals surface area contributed by atoms with Crippen molar-refractivity contribution in [2.24, 2.45) is 5.92 Å². The summed E-state index contributed by atoms with van der Waals surface area (Å²) in [5, 5.41) is 0.640. The van der Waals surface area contributed by atoms with Gasteiger partial charge in [-0.05, 0) is 49.0 Å². The van der Waals surface area contributed by atoms with Gasteiger partial charge in [0.25, 0.3) is 0 Å². The first-order valence-electron chi connectivity index (χ1n) is 7.55. The molecule has 2 aliphatic rings. The molecule has 23 heavy (non-hydrogen) atoms. The van der Waals surface area contributed by atoms with Crippen LogP contribution in [-0.2, 0) is 20.7 Å². The molecule has 0 fully saturated rings. The number of carbonyl (C=O) groups is 2. The molecule has 1 aromatic carbocycles. The van der Waals surface area contributed by atoms with Crippen LogP contribution >= 0.6 is 23.2 Å². The number of benzene rings is 1. The van der Waals surface area contributed by atoms with Crippen LogP contribution in [0.25, 0.3) is 5.57 Å². The van der Waals surface area contributed by atoms with Gasteiger partial charge in [0.05, 0.1) is 11.6 Å². The lowest BCUT2D eigenvalue weighted by atomic mass is 9.88. The molecule has 122 valence electrons. The monoisotopic (exact) mass is 354 g/mol. The van der Waals surface area contributed by atoms with Gasteiger partial charge in [-0.1, -0.05) is 23.2 Å². The first kappa shape index (κ1) is 16.3. The number of halogens is 2. The van der Waals surface area contributed by atoms with E-state index in [9.17, 15) is 9.59 Å². The fraction of sp³-hybridized carbons (Fsp3) is 0.412. The topological polar surface area (TPSA) is 52.6 Å². The Labute approximate surface area is 144 Å². The predicted molar refractivity (Wildman–Crippen MR) is 88.0 cm³/mol. The minimum absolute atomic E-state index is 0.124. The second kappa shape index (κ2) is 6.54. The number of ether oxygens (including phenoxy) is 2. The number of allylic oxidation sites excluding steroid dienone is 2. The van der Waals surface area contributed by atoms with Crippen LogP contribution in [0, 0.1) is 5.92 Å². The van der Waals surface area contributed by atoms with Crippen LogP contribution < -0.4 is 4.74 Å². The van der Waals surface area contributed by atoms with E-state index >= 15 is 0 Å². The molecule has 0 aliphatic heterocycles. The third-order valence-corrected chi connectivity index (χ3v) is 5.01. The van der Waals surface area contributed by atoms with Gasteiger partial charge in [-0.3, -0.25) is 4.79 Å². The molecular formula is C17H16Cl2O4. The van der Waals surface area contributed by atoms with Crippen LogP contribution in [0.15, 0.2) is 12.1 Å². The van der Waals surface area contributed by atoms with Gasteiger partial charge in [-0.15, -0.1) is 0 Å². The molecule has 4 nitrogen and oxygen atoms in total. The lowest BCUT2D eigenvalue weighted by Gasteiger charge is -2.17. The molecular weight excluding hydrogens is 339 g/mol. The molecule has 1 atom stereocenters. The molecule has 0 bridgehead atoms. The van der Waals surface area contributed by atoms with Crippen LogP contribution in [0.2, 0.25) is 10.0 Å². The van der Waals surface area contributed by atoms with Gasteiger partial charge in [-0.2, -0.15) is 0 Å². The van der Waals surface area contributed by atoms with Crippen LogP contribution in [0.5, 0.6) is 5.75 Å². The largest absolute Gasteiger partial charge is 0.480 e. The van der Waals surface area contributed by atoms with Crippen LogP contribution in [0.1, 0.15) is 30.9 Å². The maximum absolute atomic E-state index is 11.7. The van der Waals surface area contributed by atoms with E-state index in [1.807, 2.05) is 6.07 Å². The number of ketones is 1. The molecule has 3 rings (SSSR count). The number of hydrogen-bond acceptors (Lipinski definition) is 4. The Kier molecular flexibility index (Phi) is 4.64. The third kappa shape index (κ3) is 3.10. The van der Waals surface area contributed by atoms with Crippen LogP contribution in [0.4, 0.5) is 0 Å². The first-order valence-corrected chi connectivity index (χ1v) is 8.31. The molecule has 0 amide bonds. The molecule has 1 aromatic rings. The normalized spacial score (nSPS) is 19.0. The van der Waals surface area contributed by atoms with E-state index in [0.717, 1.165) is 29.5 Å². The van der Waals surface area contributed by atoms with Crippen molar-refractivity contribution >= 4 is 40.5 Å².